The molecule has 2 fully saturated rings. The molecule has 1 aromatic rings. The van der Waals surface area contributed by atoms with Gasteiger partial charge in [0.25, 0.3) is 11.6 Å². The average Bonchev–Trinajstić information content (AvgIpc) is 2.81. The number of nitro groups is 1. The van der Waals surface area contributed by atoms with E-state index in [1.807, 2.05) is 18.7 Å². The Morgan fingerprint density at radius 2 is 1.55 bits per heavy atom. The zero-order valence-electron chi connectivity index (χ0n) is 19.4. The Morgan fingerprint density at radius 1 is 0.970 bits per heavy atom. The van der Waals surface area contributed by atoms with E-state index in [1.165, 1.54) is 13.0 Å². The van der Waals surface area contributed by atoms with Crippen LogP contribution < -0.4 is 4.90 Å². The van der Waals surface area contributed by atoms with Gasteiger partial charge >= 0.3 is 6.09 Å². The van der Waals surface area contributed by atoms with Gasteiger partial charge in [-0.15, -0.1) is 0 Å². The van der Waals surface area contributed by atoms with E-state index in [2.05, 4.69) is 0 Å². The number of rotatable bonds is 5. The lowest BCUT2D eigenvalue weighted by Gasteiger charge is -2.35. The van der Waals surface area contributed by atoms with E-state index < -0.39 is 4.92 Å². The summed E-state index contributed by atoms with van der Waals surface area (Å²) in [4.78, 5) is 54.6. The second kappa shape index (κ2) is 10.5. The molecule has 0 N–H and O–H groups in total. The largest absolute Gasteiger partial charge is 0.449 e. The van der Waals surface area contributed by atoms with Gasteiger partial charge in [0.05, 0.1) is 11.5 Å². The van der Waals surface area contributed by atoms with Crippen molar-refractivity contribution in [1.29, 1.82) is 0 Å². The van der Waals surface area contributed by atoms with E-state index in [0.29, 0.717) is 64.7 Å². The van der Waals surface area contributed by atoms with E-state index >= 15 is 0 Å². The summed E-state index contributed by atoms with van der Waals surface area (Å²) in [5.41, 5.74) is 0.550. The van der Waals surface area contributed by atoms with Crippen LogP contribution in [0.5, 0.6) is 0 Å². The number of piperazine rings is 2. The van der Waals surface area contributed by atoms with Gasteiger partial charge in [0.2, 0.25) is 5.91 Å². The molecule has 0 aromatic heterocycles. The summed E-state index contributed by atoms with van der Waals surface area (Å²) in [6, 6.07) is 4.53. The number of nitrogens with zero attached hydrogens (tertiary/aromatic N) is 5. The number of carbonyl (C=O) groups excluding carboxylic acids is 3. The first-order chi connectivity index (χ1) is 15.7. The third kappa shape index (κ3) is 5.91. The molecular formula is C22H31N5O6. The highest BCUT2D eigenvalue weighted by atomic mass is 16.6. The predicted molar refractivity (Wildman–Crippen MR) is 121 cm³/mol. The van der Waals surface area contributed by atoms with Crippen LogP contribution >= 0.6 is 0 Å². The molecule has 2 aliphatic heterocycles. The number of anilines is 1. The van der Waals surface area contributed by atoms with E-state index in [9.17, 15) is 24.5 Å². The number of nitro benzene ring substituents is 1. The minimum atomic E-state index is -0.480. The van der Waals surface area contributed by atoms with Crippen LogP contribution in [-0.2, 0) is 9.53 Å². The monoisotopic (exact) mass is 461 g/mol. The van der Waals surface area contributed by atoms with Crippen LogP contribution in [0, 0.1) is 16.0 Å². The molecule has 2 saturated heterocycles. The van der Waals surface area contributed by atoms with Gasteiger partial charge in [-0.05, 0) is 18.1 Å². The first-order valence-electron chi connectivity index (χ1n) is 11.2. The average molecular weight is 462 g/mol. The van der Waals surface area contributed by atoms with Crippen molar-refractivity contribution >= 4 is 29.3 Å². The van der Waals surface area contributed by atoms with Gasteiger partial charge in [-0.1, -0.05) is 13.8 Å². The highest BCUT2D eigenvalue weighted by Crippen LogP contribution is 2.30. The molecule has 3 amide bonds. The van der Waals surface area contributed by atoms with Crippen molar-refractivity contribution in [3.8, 4) is 0 Å². The fourth-order valence-electron chi connectivity index (χ4n) is 3.94. The summed E-state index contributed by atoms with van der Waals surface area (Å²) in [7, 11) is 0. The lowest BCUT2D eigenvalue weighted by molar-refractivity contribution is -0.384. The van der Waals surface area contributed by atoms with Crippen LogP contribution in [0.3, 0.4) is 0 Å². The first kappa shape index (κ1) is 24.3. The minimum Gasteiger partial charge on any atom is -0.449 e. The van der Waals surface area contributed by atoms with Gasteiger partial charge in [0.1, 0.15) is 5.69 Å². The van der Waals surface area contributed by atoms with Crippen LogP contribution in [0.1, 0.15) is 31.1 Å². The SMILES string of the molecule is CC(=O)N1CCN(c2ccc(C(=O)N3CCN(C(=O)OCC(C)C)CC3)cc2[N+](=O)[O-])CC1. The third-order valence-corrected chi connectivity index (χ3v) is 5.85. The van der Waals surface area contributed by atoms with Gasteiger partial charge in [-0.3, -0.25) is 19.7 Å². The Labute approximate surface area is 193 Å². The Hall–Kier alpha value is -3.37. The number of ether oxygens (including phenoxy) is 1. The van der Waals surface area contributed by atoms with E-state index in [0.717, 1.165) is 0 Å². The Bertz CT molecular complexity index is 905. The minimum absolute atomic E-state index is 0.0154. The molecule has 0 radical (unpaired) electrons. The molecule has 11 nitrogen and oxygen atoms in total. The Morgan fingerprint density at radius 3 is 2.09 bits per heavy atom. The molecule has 0 saturated carbocycles. The highest BCUT2D eigenvalue weighted by molar-refractivity contribution is 5.96. The van der Waals surface area contributed by atoms with Gasteiger partial charge < -0.3 is 24.3 Å². The molecule has 0 spiro atoms. The van der Waals surface area contributed by atoms with Crippen LogP contribution in [-0.4, -0.2) is 96.5 Å². The summed E-state index contributed by atoms with van der Waals surface area (Å²) in [5.74, 6) is -0.0757. The molecule has 1 aromatic carbocycles. The van der Waals surface area contributed by atoms with E-state index in [4.69, 9.17) is 4.74 Å². The second-order valence-corrected chi connectivity index (χ2v) is 8.70. The van der Waals surface area contributed by atoms with Crippen LogP contribution in [0.25, 0.3) is 0 Å². The summed E-state index contributed by atoms with van der Waals surface area (Å²) in [6.45, 7) is 9.10. The number of hydrogen-bond donors (Lipinski definition) is 0. The lowest BCUT2D eigenvalue weighted by Crippen LogP contribution is -2.50. The van der Waals surface area contributed by atoms with Crippen molar-refractivity contribution < 1.29 is 24.0 Å². The summed E-state index contributed by atoms with van der Waals surface area (Å²) in [6.07, 6.45) is -0.388. The van der Waals surface area contributed by atoms with Crippen molar-refractivity contribution in [2.45, 2.75) is 20.8 Å². The maximum Gasteiger partial charge on any atom is 0.409 e. The molecule has 0 atom stereocenters. The normalized spacial score (nSPS) is 16.7. The Kier molecular flexibility index (Phi) is 7.72. The van der Waals surface area contributed by atoms with Gasteiger partial charge in [-0.25, -0.2) is 4.79 Å². The van der Waals surface area contributed by atoms with Gasteiger partial charge in [0.15, 0.2) is 0 Å². The topological polar surface area (TPSA) is 117 Å². The van der Waals surface area contributed by atoms with Gasteiger partial charge in [-0.2, -0.15) is 0 Å². The highest BCUT2D eigenvalue weighted by Gasteiger charge is 2.29. The summed E-state index contributed by atoms with van der Waals surface area (Å²) in [5, 5.41) is 11.7. The molecule has 180 valence electrons. The fraction of sp³-hybridized carbons (Fsp3) is 0.591. The molecule has 2 heterocycles. The molecule has 3 rings (SSSR count). The molecule has 0 unspecified atom stereocenters. The molecule has 11 heteroatoms. The quantitative estimate of drug-likeness (QED) is 0.485. The summed E-state index contributed by atoms with van der Waals surface area (Å²) < 4.78 is 5.24. The van der Waals surface area contributed by atoms with E-state index in [1.54, 1.807) is 26.8 Å². The third-order valence-electron chi connectivity index (χ3n) is 5.85. The smallest absolute Gasteiger partial charge is 0.409 e. The molecule has 0 bridgehead atoms. The van der Waals surface area contributed by atoms with Crippen molar-refractivity contribution in [3.63, 3.8) is 0 Å². The van der Waals surface area contributed by atoms with Crippen LogP contribution in [0.4, 0.5) is 16.2 Å². The van der Waals surface area contributed by atoms with E-state index in [-0.39, 0.29) is 35.1 Å². The predicted octanol–water partition coefficient (Wildman–Crippen LogP) is 1.81. The second-order valence-electron chi connectivity index (χ2n) is 8.70. The van der Waals surface area contributed by atoms with Crippen LogP contribution in [0.15, 0.2) is 18.2 Å². The standard InChI is InChI=1S/C22H31N5O6/c1-16(2)15-33-22(30)26-12-10-25(11-13-26)21(29)18-4-5-19(20(14-18)27(31)32)24-8-6-23(7-9-24)17(3)28/h4-5,14,16H,6-13,15H2,1-3H3. The van der Waals surface area contributed by atoms with Crippen molar-refractivity contribution in [1.82, 2.24) is 14.7 Å². The number of hydrogen-bond acceptors (Lipinski definition) is 7. The number of benzene rings is 1. The molecule has 2 aliphatic rings. The fourth-order valence-corrected chi connectivity index (χ4v) is 3.94. The zero-order chi connectivity index (χ0) is 24.1. The maximum atomic E-state index is 13.0. The zero-order valence-corrected chi connectivity index (χ0v) is 19.4. The molecule has 0 aliphatic carbocycles. The summed E-state index contributed by atoms with van der Waals surface area (Å²) >= 11 is 0. The van der Waals surface area contributed by atoms with Crippen molar-refractivity contribution in [2.24, 2.45) is 5.92 Å². The number of amides is 3. The van der Waals surface area contributed by atoms with Crippen molar-refractivity contribution in [3.05, 3.63) is 33.9 Å². The maximum absolute atomic E-state index is 13.0. The van der Waals surface area contributed by atoms with Crippen molar-refractivity contribution in [2.75, 3.05) is 63.9 Å². The van der Waals surface area contributed by atoms with Crippen LogP contribution in [0.2, 0.25) is 0 Å². The first-order valence-corrected chi connectivity index (χ1v) is 11.2. The molecule has 33 heavy (non-hydrogen) atoms. The molecular weight excluding hydrogens is 430 g/mol. The number of carbonyl (C=O) groups is 3. The van der Waals surface area contributed by atoms with Gasteiger partial charge in [0, 0.05) is 70.9 Å². The Balaban J connectivity index is 1.65. The lowest BCUT2D eigenvalue weighted by atomic mass is 10.1.